The Morgan fingerprint density at radius 3 is 2.18 bits per heavy atom. The summed E-state index contributed by atoms with van der Waals surface area (Å²) in [7, 11) is 3.04. The topological polar surface area (TPSA) is 70.0 Å². The molecule has 0 rings (SSSR count). The highest BCUT2D eigenvalue weighted by molar-refractivity contribution is 5.66. The molecule has 0 fully saturated rings. The largest absolute Gasteiger partial charge is 0.441 e. The fraction of sp³-hybridized carbons (Fsp3) is 0.833. The lowest BCUT2D eigenvalue weighted by atomic mass is 10.4. The van der Waals surface area contributed by atoms with E-state index in [0.29, 0.717) is 0 Å². The van der Waals surface area contributed by atoms with E-state index in [2.05, 4.69) is 4.74 Å². The van der Waals surface area contributed by atoms with Gasteiger partial charge in [-0.05, 0) is 0 Å². The molecule has 0 aromatic heterocycles. The van der Waals surface area contributed by atoms with Crippen molar-refractivity contribution in [3.05, 3.63) is 0 Å². The van der Waals surface area contributed by atoms with Gasteiger partial charge in [0.1, 0.15) is 6.10 Å². The molecule has 2 N–H and O–H groups in total. The minimum atomic E-state index is -0.815. The molecule has 0 aromatic carbocycles. The Labute approximate surface area is 65.2 Å². The highest BCUT2D eigenvalue weighted by Gasteiger charge is 2.12. The Kier molecular flexibility index (Phi) is 4.56. The molecule has 1 amide bonds. The molecule has 0 heterocycles. The zero-order chi connectivity index (χ0) is 8.85. The lowest BCUT2D eigenvalue weighted by molar-refractivity contribution is 0.0106. The first-order valence-corrected chi connectivity index (χ1v) is 3.21. The molecular formula is C6H13NO4. The van der Waals surface area contributed by atoms with Crippen molar-refractivity contribution in [3.8, 4) is 0 Å². The molecule has 0 saturated heterocycles. The van der Waals surface area contributed by atoms with Crippen LogP contribution in [0.3, 0.4) is 0 Å². The monoisotopic (exact) mass is 163 g/mol. The second-order valence-electron chi connectivity index (χ2n) is 2.27. The first-order chi connectivity index (χ1) is 5.11. The van der Waals surface area contributed by atoms with Gasteiger partial charge < -0.3 is 19.8 Å². The van der Waals surface area contributed by atoms with Crippen molar-refractivity contribution in [2.45, 2.75) is 6.10 Å². The van der Waals surface area contributed by atoms with Crippen molar-refractivity contribution in [1.29, 1.82) is 0 Å². The number of hydrogen-bond donors (Lipinski definition) is 2. The van der Waals surface area contributed by atoms with E-state index in [1.807, 2.05) is 0 Å². The lowest BCUT2D eigenvalue weighted by Crippen LogP contribution is -2.31. The number of amides is 1. The summed E-state index contributed by atoms with van der Waals surface area (Å²) in [5.74, 6) is 0. The van der Waals surface area contributed by atoms with Crippen LogP contribution in [0.25, 0.3) is 0 Å². The summed E-state index contributed by atoms with van der Waals surface area (Å²) in [4.78, 5) is 12.0. The molecule has 11 heavy (non-hydrogen) atoms. The molecule has 0 radical (unpaired) electrons. The van der Waals surface area contributed by atoms with E-state index in [-0.39, 0.29) is 13.2 Å². The molecule has 5 heteroatoms. The molecule has 0 bridgehead atoms. The van der Waals surface area contributed by atoms with E-state index in [0.717, 1.165) is 0 Å². The van der Waals surface area contributed by atoms with E-state index in [1.54, 1.807) is 0 Å². The van der Waals surface area contributed by atoms with Gasteiger partial charge in [-0.1, -0.05) is 0 Å². The maximum Gasteiger partial charge on any atom is 0.409 e. The quantitative estimate of drug-likeness (QED) is 0.562. The Bertz CT molecular complexity index is 122. The van der Waals surface area contributed by atoms with Gasteiger partial charge in [0.15, 0.2) is 0 Å². The molecule has 66 valence electrons. The third kappa shape index (κ3) is 3.79. The van der Waals surface area contributed by atoms with Gasteiger partial charge in [-0.2, -0.15) is 0 Å². The van der Waals surface area contributed by atoms with Crippen molar-refractivity contribution in [1.82, 2.24) is 4.90 Å². The van der Waals surface area contributed by atoms with E-state index in [4.69, 9.17) is 10.2 Å². The van der Waals surface area contributed by atoms with Gasteiger partial charge in [-0.3, -0.25) is 0 Å². The zero-order valence-electron chi connectivity index (χ0n) is 6.65. The average Bonchev–Trinajstić information content (AvgIpc) is 1.99. The fourth-order valence-corrected chi connectivity index (χ4v) is 0.380. The summed E-state index contributed by atoms with van der Waals surface area (Å²) >= 11 is 0. The molecule has 0 aliphatic carbocycles. The van der Waals surface area contributed by atoms with Gasteiger partial charge in [0.25, 0.3) is 0 Å². The van der Waals surface area contributed by atoms with Crippen molar-refractivity contribution < 1.29 is 19.7 Å². The van der Waals surface area contributed by atoms with E-state index in [9.17, 15) is 4.79 Å². The second kappa shape index (κ2) is 4.92. The average molecular weight is 163 g/mol. The first-order valence-electron chi connectivity index (χ1n) is 3.21. The Morgan fingerprint density at radius 2 is 1.91 bits per heavy atom. The summed E-state index contributed by atoms with van der Waals surface area (Å²) < 4.78 is 4.60. The molecule has 0 aromatic rings. The highest BCUT2D eigenvalue weighted by atomic mass is 16.6. The van der Waals surface area contributed by atoms with Crippen LogP contribution in [-0.4, -0.2) is 54.6 Å². The van der Waals surface area contributed by atoms with Crippen molar-refractivity contribution >= 4 is 6.09 Å². The van der Waals surface area contributed by atoms with Gasteiger partial charge in [0, 0.05) is 14.1 Å². The van der Waals surface area contributed by atoms with Gasteiger partial charge in [-0.15, -0.1) is 0 Å². The summed E-state index contributed by atoms with van der Waals surface area (Å²) in [5, 5.41) is 17.0. The fourth-order valence-electron chi connectivity index (χ4n) is 0.380. The van der Waals surface area contributed by atoms with E-state index in [1.165, 1.54) is 19.0 Å². The number of hydrogen-bond acceptors (Lipinski definition) is 4. The summed E-state index contributed by atoms with van der Waals surface area (Å²) in [6.45, 7) is -0.730. The third-order valence-corrected chi connectivity index (χ3v) is 1.04. The smallest absolute Gasteiger partial charge is 0.409 e. The lowest BCUT2D eigenvalue weighted by Gasteiger charge is -2.16. The molecule has 0 aliphatic rings. The van der Waals surface area contributed by atoms with Crippen LogP contribution in [0.2, 0.25) is 0 Å². The molecule has 0 spiro atoms. The van der Waals surface area contributed by atoms with Gasteiger partial charge in [0.05, 0.1) is 13.2 Å². The Balaban J connectivity index is 3.72. The Morgan fingerprint density at radius 1 is 1.45 bits per heavy atom. The van der Waals surface area contributed by atoms with Crippen LogP contribution in [0.4, 0.5) is 4.79 Å². The molecular weight excluding hydrogens is 150 g/mol. The minimum absolute atomic E-state index is 0.365. The maximum atomic E-state index is 10.8. The minimum Gasteiger partial charge on any atom is -0.441 e. The SMILES string of the molecule is CN(C)C(=O)OC(CO)CO. The number of rotatable bonds is 3. The van der Waals surface area contributed by atoms with Gasteiger partial charge in [-0.25, -0.2) is 4.79 Å². The molecule has 5 nitrogen and oxygen atoms in total. The van der Waals surface area contributed by atoms with Crippen LogP contribution in [0.1, 0.15) is 0 Å². The van der Waals surface area contributed by atoms with Crippen molar-refractivity contribution in [2.24, 2.45) is 0 Å². The number of nitrogens with zero attached hydrogens (tertiary/aromatic N) is 1. The molecule has 0 saturated carbocycles. The van der Waals surface area contributed by atoms with E-state index >= 15 is 0 Å². The van der Waals surface area contributed by atoms with Crippen LogP contribution in [0.15, 0.2) is 0 Å². The molecule has 0 unspecified atom stereocenters. The van der Waals surface area contributed by atoms with Crippen molar-refractivity contribution in [2.75, 3.05) is 27.3 Å². The first kappa shape index (κ1) is 10.2. The normalized spacial score (nSPS) is 9.91. The predicted octanol–water partition coefficient (Wildman–Crippen LogP) is -0.962. The number of aliphatic hydroxyl groups excluding tert-OH is 2. The van der Waals surface area contributed by atoms with Crippen molar-refractivity contribution in [3.63, 3.8) is 0 Å². The number of carbonyl (C=O) groups excluding carboxylic acids is 1. The highest BCUT2D eigenvalue weighted by Crippen LogP contribution is 1.93. The third-order valence-electron chi connectivity index (χ3n) is 1.04. The van der Waals surface area contributed by atoms with Crippen LogP contribution in [0.5, 0.6) is 0 Å². The van der Waals surface area contributed by atoms with Crippen LogP contribution in [-0.2, 0) is 4.74 Å². The van der Waals surface area contributed by atoms with Gasteiger partial charge in [0.2, 0.25) is 0 Å². The number of ether oxygens (including phenoxy) is 1. The second-order valence-corrected chi connectivity index (χ2v) is 2.27. The summed E-state index contributed by atoms with van der Waals surface area (Å²) in [6.07, 6.45) is -1.39. The molecule has 0 atom stereocenters. The standard InChI is InChI=1S/C6H13NO4/c1-7(2)6(10)11-5(3-8)4-9/h5,8-9H,3-4H2,1-2H3. The molecule has 0 aliphatic heterocycles. The van der Waals surface area contributed by atoms with Crippen LogP contribution in [0, 0.1) is 0 Å². The van der Waals surface area contributed by atoms with E-state index < -0.39 is 12.2 Å². The zero-order valence-corrected chi connectivity index (χ0v) is 6.65. The maximum absolute atomic E-state index is 10.8. The van der Waals surface area contributed by atoms with Gasteiger partial charge >= 0.3 is 6.09 Å². The Hall–Kier alpha value is -0.810. The van der Waals surface area contributed by atoms with Crippen LogP contribution < -0.4 is 0 Å². The number of carbonyl (C=O) groups is 1. The number of aliphatic hydroxyl groups is 2. The van der Waals surface area contributed by atoms with Crippen LogP contribution >= 0.6 is 0 Å². The summed E-state index contributed by atoms with van der Waals surface area (Å²) in [6, 6.07) is 0. The summed E-state index contributed by atoms with van der Waals surface area (Å²) in [5.41, 5.74) is 0. The predicted molar refractivity (Wildman–Crippen MR) is 38.1 cm³/mol.